The summed E-state index contributed by atoms with van der Waals surface area (Å²) in [6.07, 6.45) is 0.647. The molecule has 0 aliphatic carbocycles. The van der Waals surface area contributed by atoms with Crippen molar-refractivity contribution in [2.45, 2.75) is 58.3 Å². The van der Waals surface area contributed by atoms with Crippen LogP contribution in [0.25, 0.3) is 5.69 Å². The zero-order valence-corrected chi connectivity index (χ0v) is 22.3. The fraction of sp³-hybridized carbons (Fsp3) is 0.407. The monoisotopic (exact) mass is 496 g/mol. The quantitative estimate of drug-likeness (QED) is 0.444. The van der Waals surface area contributed by atoms with Gasteiger partial charge in [-0.3, -0.25) is 4.79 Å². The van der Waals surface area contributed by atoms with Gasteiger partial charge in [-0.2, -0.15) is 9.40 Å². The number of anilines is 1. The van der Waals surface area contributed by atoms with Crippen LogP contribution in [0.5, 0.6) is 0 Å². The predicted molar refractivity (Wildman–Crippen MR) is 140 cm³/mol. The third-order valence-corrected chi connectivity index (χ3v) is 7.61. The highest BCUT2D eigenvalue weighted by Gasteiger charge is 2.28. The third-order valence-electron chi connectivity index (χ3n) is 5.75. The number of benzene rings is 2. The van der Waals surface area contributed by atoms with Gasteiger partial charge in [-0.05, 0) is 43.0 Å². The van der Waals surface area contributed by atoms with Crippen LogP contribution in [-0.4, -0.2) is 41.5 Å². The molecule has 0 bridgehead atoms. The minimum Gasteiger partial charge on any atom is -0.309 e. The van der Waals surface area contributed by atoms with E-state index in [4.69, 9.17) is 5.10 Å². The van der Waals surface area contributed by atoms with Crippen molar-refractivity contribution in [3.05, 3.63) is 71.9 Å². The number of nitrogens with zero attached hydrogens (tertiary/aromatic N) is 3. The first-order chi connectivity index (χ1) is 16.4. The van der Waals surface area contributed by atoms with Crippen molar-refractivity contribution in [1.82, 2.24) is 14.1 Å². The fourth-order valence-corrected chi connectivity index (χ4v) is 5.02. The molecule has 188 valence electrons. The molecule has 1 amide bonds. The lowest BCUT2D eigenvalue weighted by Crippen LogP contribution is -2.39. The van der Waals surface area contributed by atoms with Crippen LogP contribution in [-0.2, 0) is 20.2 Å². The van der Waals surface area contributed by atoms with Crippen LogP contribution >= 0.6 is 0 Å². The van der Waals surface area contributed by atoms with E-state index < -0.39 is 15.9 Å². The first-order valence-electron chi connectivity index (χ1n) is 11.9. The molecule has 0 aliphatic heterocycles. The number of carbonyl (C=O) groups is 1. The molecule has 7 nitrogen and oxygen atoms in total. The van der Waals surface area contributed by atoms with Gasteiger partial charge in [-0.15, -0.1) is 0 Å². The van der Waals surface area contributed by atoms with Gasteiger partial charge in [0, 0.05) is 18.0 Å². The number of hydrogen-bond acceptors (Lipinski definition) is 4. The molecule has 3 aromatic rings. The number of aryl methyl sites for hydroxylation is 1. The minimum absolute atomic E-state index is 0.177. The van der Waals surface area contributed by atoms with Crippen LogP contribution in [0.15, 0.2) is 65.6 Å². The Bertz CT molecular complexity index is 1260. The van der Waals surface area contributed by atoms with Crippen LogP contribution in [0.4, 0.5) is 5.82 Å². The van der Waals surface area contributed by atoms with Gasteiger partial charge >= 0.3 is 0 Å². The van der Waals surface area contributed by atoms with Crippen molar-refractivity contribution >= 4 is 21.7 Å². The van der Waals surface area contributed by atoms with Crippen molar-refractivity contribution in [1.29, 1.82) is 0 Å². The maximum absolute atomic E-state index is 13.3. The summed E-state index contributed by atoms with van der Waals surface area (Å²) in [6, 6.07) is 17.9. The average Bonchev–Trinajstić information content (AvgIpc) is 3.21. The minimum atomic E-state index is -3.82. The Balaban J connectivity index is 1.92. The fourth-order valence-electron chi connectivity index (χ4n) is 3.59. The Labute approximate surface area is 209 Å². The van der Waals surface area contributed by atoms with Crippen molar-refractivity contribution in [2.75, 3.05) is 18.4 Å². The molecule has 0 atom stereocenters. The summed E-state index contributed by atoms with van der Waals surface area (Å²) in [5, 5.41) is 7.70. The Morgan fingerprint density at radius 1 is 1.06 bits per heavy atom. The number of sulfonamides is 1. The summed E-state index contributed by atoms with van der Waals surface area (Å²) in [6.45, 7) is 12.2. The smallest absolute Gasteiger partial charge is 0.243 e. The first-order valence-corrected chi connectivity index (χ1v) is 13.3. The SMILES string of the molecule is Cc1ccccc1-n1nc(C(C)(C)C)cc1NC(=O)CN(CCC(C)C)S(=O)(=O)c1ccccc1. The van der Waals surface area contributed by atoms with Crippen molar-refractivity contribution in [3.8, 4) is 5.69 Å². The summed E-state index contributed by atoms with van der Waals surface area (Å²) in [5.74, 6) is 0.391. The first kappa shape index (κ1) is 26.6. The number of hydrogen-bond donors (Lipinski definition) is 1. The average molecular weight is 497 g/mol. The van der Waals surface area contributed by atoms with Gasteiger partial charge in [0.2, 0.25) is 15.9 Å². The lowest BCUT2D eigenvalue weighted by Gasteiger charge is -2.23. The van der Waals surface area contributed by atoms with Crippen LogP contribution in [0.3, 0.4) is 0 Å². The van der Waals surface area contributed by atoms with E-state index in [-0.39, 0.29) is 23.4 Å². The molecule has 0 spiro atoms. The third kappa shape index (κ3) is 6.58. The number of para-hydroxylation sites is 1. The number of carbonyl (C=O) groups excluding carboxylic acids is 1. The molecular weight excluding hydrogens is 460 g/mol. The second-order valence-corrected chi connectivity index (χ2v) is 12.2. The number of aromatic nitrogens is 2. The molecule has 1 aromatic heterocycles. The maximum Gasteiger partial charge on any atom is 0.243 e. The van der Waals surface area contributed by atoms with E-state index in [1.165, 1.54) is 4.31 Å². The van der Waals surface area contributed by atoms with Crippen molar-refractivity contribution in [2.24, 2.45) is 5.92 Å². The van der Waals surface area contributed by atoms with Gasteiger partial charge in [0.15, 0.2) is 0 Å². The summed E-state index contributed by atoms with van der Waals surface area (Å²) in [5.41, 5.74) is 2.46. The molecule has 0 unspecified atom stereocenters. The molecule has 0 saturated carbocycles. The molecule has 1 N–H and O–H groups in total. The Morgan fingerprint density at radius 2 is 1.69 bits per heavy atom. The van der Waals surface area contributed by atoms with E-state index in [0.29, 0.717) is 18.2 Å². The normalized spacial score (nSPS) is 12.3. The van der Waals surface area contributed by atoms with Crippen LogP contribution < -0.4 is 5.32 Å². The Morgan fingerprint density at radius 3 is 2.29 bits per heavy atom. The van der Waals surface area contributed by atoms with E-state index >= 15 is 0 Å². The highest BCUT2D eigenvalue weighted by Crippen LogP contribution is 2.27. The topological polar surface area (TPSA) is 84.3 Å². The molecule has 0 saturated heterocycles. The standard InChI is InChI=1S/C27H36N4O3S/c1-20(2)16-17-30(35(33,34)22-13-8-7-9-14-22)19-26(32)28-25-18-24(27(4,5)6)29-31(25)23-15-11-10-12-21(23)3/h7-15,18,20H,16-17,19H2,1-6H3,(H,28,32). The lowest BCUT2D eigenvalue weighted by atomic mass is 9.92. The number of amides is 1. The van der Waals surface area contributed by atoms with Gasteiger partial charge in [-0.1, -0.05) is 71.0 Å². The molecule has 2 aromatic carbocycles. The molecule has 0 aliphatic rings. The second kappa shape index (κ2) is 10.7. The van der Waals surface area contributed by atoms with E-state index in [9.17, 15) is 13.2 Å². The van der Waals surface area contributed by atoms with Crippen molar-refractivity contribution in [3.63, 3.8) is 0 Å². The predicted octanol–water partition coefficient (Wildman–Crippen LogP) is 5.15. The van der Waals surface area contributed by atoms with Gasteiger partial charge < -0.3 is 5.32 Å². The van der Waals surface area contributed by atoms with Crippen LogP contribution in [0.2, 0.25) is 0 Å². The summed E-state index contributed by atoms with van der Waals surface area (Å²) < 4.78 is 29.6. The van der Waals surface area contributed by atoms with Crippen LogP contribution in [0, 0.1) is 12.8 Å². The summed E-state index contributed by atoms with van der Waals surface area (Å²) in [7, 11) is -3.82. The molecular formula is C27H36N4O3S. The molecule has 0 radical (unpaired) electrons. The molecule has 0 fully saturated rings. The Hall–Kier alpha value is -2.97. The maximum atomic E-state index is 13.3. The van der Waals surface area contributed by atoms with Gasteiger partial charge in [0.05, 0.1) is 22.8 Å². The molecule has 1 heterocycles. The summed E-state index contributed by atoms with van der Waals surface area (Å²) >= 11 is 0. The second-order valence-electron chi connectivity index (χ2n) is 10.2. The highest BCUT2D eigenvalue weighted by molar-refractivity contribution is 7.89. The zero-order chi connectivity index (χ0) is 25.8. The van der Waals surface area contributed by atoms with Gasteiger partial charge in [0.1, 0.15) is 5.82 Å². The summed E-state index contributed by atoms with van der Waals surface area (Å²) in [4.78, 5) is 13.4. The van der Waals surface area contributed by atoms with Crippen LogP contribution in [0.1, 0.15) is 52.3 Å². The molecule has 3 rings (SSSR count). The van der Waals surface area contributed by atoms with E-state index in [2.05, 4.69) is 26.1 Å². The Kier molecular flexibility index (Phi) is 8.18. The lowest BCUT2D eigenvalue weighted by molar-refractivity contribution is -0.116. The molecule has 8 heteroatoms. The number of nitrogens with one attached hydrogen (secondary N) is 1. The van der Waals surface area contributed by atoms with E-state index in [1.54, 1.807) is 35.0 Å². The van der Waals surface area contributed by atoms with Gasteiger partial charge in [0.25, 0.3) is 0 Å². The van der Waals surface area contributed by atoms with E-state index in [1.807, 2.05) is 51.1 Å². The van der Waals surface area contributed by atoms with Gasteiger partial charge in [-0.25, -0.2) is 13.1 Å². The number of rotatable bonds is 9. The zero-order valence-electron chi connectivity index (χ0n) is 21.4. The molecule has 35 heavy (non-hydrogen) atoms. The van der Waals surface area contributed by atoms with E-state index in [0.717, 1.165) is 16.9 Å². The van der Waals surface area contributed by atoms with Crippen molar-refractivity contribution < 1.29 is 13.2 Å². The highest BCUT2D eigenvalue weighted by atomic mass is 32.2. The largest absolute Gasteiger partial charge is 0.309 e.